The van der Waals surface area contributed by atoms with Crippen LogP contribution in [-0.2, 0) is 11.3 Å². The highest BCUT2D eigenvalue weighted by molar-refractivity contribution is 6.35. The molecule has 3 aromatic carbocycles. The number of nitrogens with zero attached hydrogens (tertiary/aromatic N) is 2. The van der Waals surface area contributed by atoms with Crippen LogP contribution in [0.1, 0.15) is 12.5 Å². The van der Waals surface area contributed by atoms with Crippen LogP contribution >= 0.6 is 23.2 Å². The Morgan fingerprint density at radius 2 is 1.67 bits per heavy atom. The van der Waals surface area contributed by atoms with Crippen LogP contribution in [0, 0.1) is 0 Å². The lowest BCUT2D eigenvalue weighted by Gasteiger charge is -2.36. The van der Waals surface area contributed by atoms with E-state index in [1.54, 1.807) is 25.1 Å². The molecule has 1 aliphatic rings. The van der Waals surface area contributed by atoms with Crippen molar-refractivity contribution in [1.29, 1.82) is 0 Å². The molecule has 172 valence electrons. The van der Waals surface area contributed by atoms with E-state index in [0.29, 0.717) is 15.8 Å². The van der Waals surface area contributed by atoms with E-state index in [9.17, 15) is 4.79 Å². The number of carbonyl (C=O) groups is 1. The van der Waals surface area contributed by atoms with Crippen LogP contribution in [0.2, 0.25) is 10.0 Å². The van der Waals surface area contributed by atoms with Crippen molar-refractivity contribution in [3.05, 3.63) is 88.4 Å². The van der Waals surface area contributed by atoms with Gasteiger partial charge in [0, 0.05) is 49.1 Å². The summed E-state index contributed by atoms with van der Waals surface area (Å²) in [5.74, 6) is 0.175. The maximum atomic E-state index is 12.5. The third-order valence-electron chi connectivity index (χ3n) is 5.69. The van der Waals surface area contributed by atoms with Crippen molar-refractivity contribution in [2.45, 2.75) is 19.6 Å². The van der Waals surface area contributed by atoms with Crippen LogP contribution < -0.4 is 15.0 Å². The smallest absolute Gasteiger partial charge is 0.265 e. The maximum absolute atomic E-state index is 12.5. The molecule has 1 fully saturated rings. The van der Waals surface area contributed by atoms with Crippen LogP contribution in [0.3, 0.4) is 0 Å². The molecule has 0 spiro atoms. The number of piperazine rings is 1. The van der Waals surface area contributed by atoms with Gasteiger partial charge in [-0.3, -0.25) is 9.69 Å². The predicted octanol–water partition coefficient (Wildman–Crippen LogP) is 5.72. The first-order valence-corrected chi connectivity index (χ1v) is 11.8. The van der Waals surface area contributed by atoms with E-state index in [-0.39, 0.29) is 5.91 Å². The zero-order chi connectivity index (χ0) is 23.2. The average Bonchev–Trinajstić information content (AvgIpc) is 2.82. The van der Waals surface area contributed by atoms with E-state index in [4.69, 9.17) is 27.9 Å². The molecule has 0 saturated carbocycles. The van der Waals surface area contributed by atoms with Crippen LogP contribution in [0.25, 0.3) is 0 Å². The first-order valence-electron chi connectivity index (χ1n) is 11.0. The molecule has 1 saturated heterocycles. The summed E-state index contributed by atoms with van der Waals surface area (Å²) in [6.07, 6.45) is -0.707. The van der Waals surface area contributed by atoms with Gasteiger partial charge in [-0.1, -0.05) is 53.5 Å². The monoisotopic (exact) mass is 483 g/mol. The first kappa shape index (κ1) is 23.4. The fourth-order valence-electron chi connectivity index (χ4n) is 3.82. The Hall–Kier alpha value is -2.73. The van der Waals surface area contributed by atoms with Gasteiger partial charge < -0.3 is 15.0 Å². The zero-order valence-corrected chi connectivity index (χ0v) is 20.0. The van der Waals surface area contributed by atoms with Gasteiger partial charge in [-0.25, -0.2) is 0 Å². The minimum atomic E-state index is -0.707. The van der Waals surface area contributed by atoms with E-state index in [1.165, 1.54) is 5.56 Å². The lowest BCUT2D eigenvalue weighted by Crippen LogP contribution is -2.45. The molecular weight excluding hydrogens is 457 g/mol. The molecule has 33 heavy (non-hydrogen) atoms. The summed E-state index contributed by atoms with van der Waals surface area (Å²) < 4.78 is 5.69. The fourth-order valence-corrected chi connectivity index (χ4v) is 4.27. The second-order valence-electron chi connectivity index (χ2n) is 8.12. The highest BCUT2D eigenvalue weighted by atomic mass is 35.5. The molecular formula is C26H27Cl2N3O2. The van der Waals surface area contributed by atoms with Gasteiger partial charge in [0.25, 0.3) is 5.91 Å². The van der Waals surface area contributed by atoms with Crippen molar-refractivity contribution in [3.63, 3.8) is 0 Å². The standard InChI is InChI=1S/C26H27Cl2N3O2/c1-19(33-25-12-7-21(27)17-24(25)28)26(32)29-22-8-10-23(11-9-22)31-15-13-30(14-16-31)18-20-5-3-2-4-6-20/h2-12,17,19H,13-16,18H2,1H3,(H,29,32)/t19-/m0/s1. The summed E-state index contributed by atoms with van der Waals surface area (Å²) in [4.78, 5) is 17.4. The van der Waals surface area contributed by atoms with E-state index in [2.05, 4.69) is 45.4 Å². The van der Waals surface area contributed by atoms with Crippen molar-refractivity contribution in [1.82, 2.24) is 4.90 Å². The Kier molecular flexibility index (Phi) is 7.76. The zero-order valence-electron chi connectivity index (χ0n) is 18.5. The van der Waals surface area contributed by atoms with Crippen LogP contribution in [0.15, 0.2) is 72.8 Å². The van der Waals surface area contributed by atoms with Gasteiger partial charge in [-0.15, -0.1) is 0 Å². The molecule has 4 rings (SSSR count). The molecule has 0 unspecified atom stereocenters. The van der Waals surface area contributed by atoms with Gasteiger partial charge in [0.1, 0.15) is 5.75 Å². The van der Waals surface area contributed by atoms with Crippen LogP contribution in [-0.4, -0.2) is 43.1 Å². The quantitative estimate of drug-likeness (QED) is 0.466. The molecule has 1 amide bonds. The molecule has 0 aromatic heterocycles. The second-order valence-corrected chi connectivity index (χ2v) is 8.96. The predicted molar refractivity (Wildman–Crippen MR) is 136 cm³/mol. The number of anilines is 2. The summed E-state index contributed by atoms with van der Waals surface area (Å²) in [6.45, 7) is 6.67. The molecule has 1 aliphatic heterocycles. The number of halogens is 2. The Morgan fingerprint density at radius 1 is 0.970 bits per heavy atom. The van der Waals surface area contributed by atoms with E-state index < -0.39 is 6.10 Å². The highest BCUT2D eigenvalue weighted by Crippen LogP contribution is 2.28. The highest BCUT2D eigenvalue weighted by Gasteiger charge is 2.19. The Bertz CT molecular complexity index is 1070. The lowest BCUT2D eigenvalue weighted by atomic mass is 10.2. The summed E-state index contributed by atoms with van der Waals surface area (Å²) in [5.41, 5.74) is 3.23. The molecule has 1 atom stereocenters. The average molecular weight is 484 g/mol. The second kappa shape index (κ2) is 10.9. The number of nitrogens with one attached hydrogen (secondary N) is 1. The number of rotatable bonds is 7. The summed E-state index contributed by atoms with van der Waals surface area (Å²) in [6, 6.07) is 23.4. The van der Waals surface area contributed by atoms with Crippen LogP contribution in [0.5, 0.6) is 5.75 Å². The maximum Gasteiger partial charge on any atom is 0.265 e. The minimum absolute atomic E-state index is 0.247. The van der Waals surface area contributed by atoms with Crippen molar-refractivity contribution in [3.8, 4) is 5.75 Å². The van der Waals surface area contributed by atoms with Crippen molar-refractivity contribution >= 4 is 40.5 Å². The Labute approximate surface area is 204 Å². The number of amides is 1. The molecule has 0 bridgehead atoms. The lowest BCUT2D eigenvalue weighted by molar-refractivity contribution is -0.122. The minimum Gasteiger partial charge on any atom is -0.479 e. The Morgan fingerprint density at radius 3 is 2.33 bits per heavy atom. The van der Waals surface area contributed by atoms with Gasteiger partial charge in [-0.05, 0) is 55.0 Å². The van der Waals surface area contributed by atoms with Gasteiger partial charge in [0.05, 0.1) is 5.02 Å². The van der Waals surface area contributed by atoms with Gasteiger partial charge >= 0.3 is 0 Å². The van der Waals surface area contributed by atoms with Crippen molar-refractivity contribution in [2.24, 2.45) is 0 Å². The molecule has 7 heteroatoms. The van der Waals surface area contributed by atoms with Gasteiger partial charge in [-0.2, -0.15) is 0 Å². The van der Waals surface area contributed by atoms with Crippen LogP contribution in [0.4, 0.5) is 11.4 Å². The molecule has 0 radical (unpaired) electrons. The van der Waals surface area contributed by atoms with E-state index in [0.717, 1.165) is 44.1 Å². The number of hydrogen-bond acceptors (Lipinski definition) is 4. The number of hydrogen-bond donors (Lipinski definition) is 1. The fraction of sp³-hybridized carbons (Fsp3) is 0.269. The summed E-state index contributed by atoms with van der Waals surface area (Å²) >= 11 is 12.0. The third kappa shape index (κ3) is 6.41. The topological polar surface area (TPSA) is 44.8 Å². The summed E-state index contributed by atoms with van der Waals surface area (Å²) in [5, 5.41) is 3.78. The van der Waals surface area contributed by atoms with Gasteiger partial charge in [0.2, 0.25) is 0 Å². The number of carbonyl (C=O) groups excluding carboxylic acids is 1. The molecule has 1 heterocycles. The Balaban J connectivity index is 1.27. The van der Waals surface area contributed by atoms with E-state index >= 15 is 0 Å². The molecule has 1 N–H and O–H groups in total. The molecule has 5 nitrogen and oxygen atoms in total. The number of ether oxygens (including phenoxy) is 1. The van der Waals surface area contributed by atoms with Crippen molar-refractivity contribution < 1.29 is 9.53 Å². The molecule has 0 aliphatic carbocycles. The third-order valence-corrected chi connectivity index (χ3v) is 6.22. The normalized spacial score (nSPS) is 15.2. The first-order chi connectivity index (χ1) is 16.0. The SMILES string of the molecule is C[C@H](Oc1ccc(Cl)cc1Cl)C(=O)Nc1ccc(N2CCN(Cc3ccccc3)CC2)cc1. The van der Waals surface area contributed by atoms with Gasteiger partial charge in [0.15, 0.2) is 6.10 Å². The van der Waals surface area contributed by atoms with Crippen molar-refractivity contribution in [2.75, 3.05) is 36.4 Å². The van der Waals surface area contributed by atoms with E-state index in [1.807, 2.05) is 24.3 Å². The molecule has 3 aromatic rings. The number of benzene rings is 3. The largest absolute Gasteiger partial charge is 0.479 e. The summed E-state index contributed by atoms with van der Waals surface area (Å²) in [7, 11) is 0.